The summed E-state index contributed by atoms with van der Waals surface area (Å²) in [6.45, 7) is 5.32. The molecule has 0 saturated heterocycles. The summed E-state index contributed by atoms with van der Waals surface area (Å²) in [6, 6.07) is 21.7. The summed E-state index contributed by atoms with van der Waals surface area (Å²) in [4.78, 5) is 14.0. The highest BCUT2D eigenvalue weighted by molar-refractivity contribution is 7.99. The third-order valence-electron chi connectivity index (χ3n) is 5.80. The number of benzene rings is 3. The standard InChI is InChI=1S/C28H27F3N2O2S/c1-3-33-23(15-19-5-10-24(11-6-19)35-28(29,30)31)17-22-16-21(9-14-26(22)33)27(34)32-18-20-7-12-25(13-8-20)36-4-2/h5-14,16-17H,3-4,15,18H2,1-2H3,(H,32,34). The van der Waals surface area contributed by atoms with Crippen molar-refractivity contribution >= 4 is 28.6 Å². The van der Waals surface area contributed by atoms with Crippen molar-refractivity contribution in [3.8, 4) is 5.75 Å². The third kappa shape index (κ3) is 6.43. The summed E-state index contributed by atoms with van der Waals surface area (Å²) < 4.78 is 43.3. The van der Waals surface area contributed by atoms with Crippen LogP contribution in [-0.4, -0.2) is 22.6 Å². The highest BCUT2D eigenvalue weighted by atomic mass is 32.2. The summed E-state index contributed by atoms with van der Waals surface area (Å²) >= 11 is 1.78. The zero-order chi connectivity index (χ0) is 25.7. The van der Waals surface area contributed by atoms with Gasteiger partial charge in [-0.2, -0.15) is 0 Å². The minimum atomic E-state index is -4.71. The highest BCUT2D eigenvalue weighted by Gasteiger charge is 2.31. The van der Waals surface area contributed by atoms with Gasteiger partial charge in [0.15, 0.2) is 0 Å². The van der Waals surface area contributed by atoms with E-state index in [1.165, 1.54) is 17.0 Å². The molecule has 4 rings (SSSR count). The van der Waals surface area contributed by atoms with E-state index in [9.17, 15) is 18.0 Å². The van der Waals surface area contributed by atoms with Gasteiger partial charge in [-0.05, 0) is 72.3 Å². The molecular weight excluding hydrogens is 485 g/mol. The Hall–Kier alpha value is -3.39. The molecule has 36 heavy (non-hydrogen) atoms. The zero-order valence-electron chi connectivity index (χ0n) is 20.1. The maximum absolute atomic E-state index is 12.8. The summed E-state index contributed by atoms with van der Waals surface area (Å²) in [7, 11) is 0. The molecule has 0 unspecified atom stereocenters. The van der Waals surface area contributed by atoms with E-state index in [-0.39, 0.29) is 11.7 Å². The fourth-order valence-electron chi connectivity index (χ4n) is 4.16. The van der Waals surface area contributed by atoms with Crippen LogP contribution in [0.2, 0.25) is 0 Å². The first-order valence-corrected chi connectivity index (χ1v) is 12.7. The number of hydrogen-bond donors (Lipinski definition) is 1. The molecule has 3 aromatic carbocycles. The van der Waals surface area contributed by atoms with Crippen molar-refractivity contribution in [1.29, 1.82) is 0 Å². The molecule has 188 valence electrons. The van der Waals surface area contributed by atoms with Crippen LogP contribution in [0.1, 0.15) is 41.0 Å². The summed E-state index contributed by atoms with van der Waals surface area (Å²) in [5.74, 6) is 0.632. The second-order valence-corrected chi connectivity index (χ2v) is 9.62. The van der Waals surface area contributed by atoms with Crippen molar-refractivity contribution in [2.45, 2.75) is 44.6 Å². The van der Waals surface area contributed by atoms with Gasteiger partial charge in [-0.25, -0.2) is 0 Å². The zero-order valence-corrected chi connectivity index (χ0v) is 20.9. The first-order valence-electron chi connectivity index (χ1n) is 11.7. The number of fused-ring (bicyclic) bond motifs is 1. The first kappa shape index (κ1) is 25.7. The lowest BCUT2D eigenvalue weighted by molar-refractivity contribution is -0.274. The number of amides is 1. The van der Waals surface area contributed by atoms with E-state index in [2.05, 4.69) is 33.7 Å². The largest absolute Gasteiger partial charge is 0.573 e. The van der Waals surface area contributed by atoms with Crippen molar-refractivity contribution in [2.75, 3.05) is 5.75 Å². The molecule has 4 aromatic rings. The second kappa shape index (κ2) is 11.1. The van der Waals surface area contributed by atoms with E-state index in [1.54, 1.807) is 23.9 Å². The molecule has 1 amide bonds. The van der Waals surface area contributed by atoms with Gasteiger partial charge in [0.05, 0.1) is 0 Å². The lowest BCUT2D eigenvalue weighted by Crippen LogP contribution is -2.22. The Labute approximate surface area is 212 Å². The van der Waals surface area contributed by atoms with Crippen molar-refractivity contribution in [2.24, 2.45) is 0 Å². The average Bonchev–Trinajstić information content (AvgIpc) is 3.20. The Kier molecular flexibility index (Phi) is 7.94. The number of aryl methyl sites for hydroxylation is 1. The number of nitrogens with zero attached hydrogens (tertiary/aromatic N) is 1. The molecule has 1 heterocycles. The summed E-state index contributed by atoms with van der Waals surface area (Å²) in [6.07, 6.45) is -4.17. The van der Waals surface area contributed by atoms with Crippen LogP contribution >= 0.6 is 11.8 Å². The first-order chi connectivity index (χ1) is 17.3. The molecule has 4 nitrogen and oxygen atoms in total. The van der Waals surface area contributed by atoms with E-state index in [0.29, 0.717) is 18.5 Å². The minimum Gasteiger partial charge on any atom is -0.406 e. The number of aromatic nitrogens is 1. The van der Waals surface area contributed by atoms with Crippen LogP contribution < -0.4 is 10.1 Å². The number of carbonyl (C=O) groups excluding carboxylic acids is 1. The number of ether oxygens (including phenoxy) is 1. The molecule has 1 aromatic heterocycles. The van der Waals surface area contributed by atoms with Gasteiger partial charge in [0, 0.05) is 46.6 Å². The Morgan fingerprint density at radius 1 is 0.944 bits per heavy atom. The highest BCUT2D eigenvalue weighted by Crippen LogP contribution is 2.26. The topological polar surface area (TPSA) is 43.3 Å². The van der Waals surface area contributed by atoms with Gasteiger partial charge in [0.2, 0.25) is 0 Å². The number of nitrogens with one attached hydrogen (secondary N) is 1. The number of thioether (sulfide) groups is 1. The lowest BCUT2D eigenvalue weighted by Gasteiger charge is -2.11. The van der Waals surface area contributed by atoms with Crippen molar-refractivity contribution in [1.82, 2.24) is 9.88 Å². The number of alkyl halides is 3. The van der Waals surface area contributed by atoms with Gasteiger partial charge in [-0.15, -0.1) is 24.9 Å². The molecule has 0 atom stereocenters. The SMILES string of the molecule is CCSc1ccc(CNC(=O)c2ccc3c(c2)cc(Cc2ccc(OC(F)(F)F)cc2)n3CC)cc1. The quantitative estimate of drug-likeness (QED) is 0.241. The van der Waals surface area contributed by atoms with Gasteiger partial charge < -0.3 is 14.6 Å². The summed E-state index contributed by atoms with van der Waals surface area (Å²) in [5, 5.41) is 3.93. The second-order valence-electron chi connectivity index (χ2n) is 8.28. The average molecular weight is 513 g/mol. The molecule has 0 bridgehead atoms. The predicted molar refractivity (Wildman–Crippen MR) is 138 cm³/mol. The van der Waals surface area contributed by atoms with Gasteiger partial charge >= 0.3 is 6.36 Å². The van der Waals surface area contributed by atoms with Crippen LogP contribution in [0.15, 0.2) is 77.7 Å². The van der Waals surface area contributed by atoms with Crippen molar-refractivity contribution < 1.29 is 22.7 Å². The van der Waals surface area contributed by atoms with Crippen LogP contribution in [0.3, 0.4) is 0 Å². The predicted octanol–water partition coefficient (Wildman–Crippen LogP) is 7.19. The van der Waals surface area contributed by atoms with E-state index in [1.807, 2.05) is 43.3 Å². The lowest BCUT2D eigenvalue weighted by atomic mass is 10.1. The molecule has 0 radical (unpaired) electrons. The molecule has 0 spiro atoms. The Bertz CT molecular complexity index is 1330. The maximum Gasteiger partial charge on any atom is 0.573 e. The van der Waals surface area contributed by atoms with Gasteiger partial charge in [0.25, 0.3) is 5.91 Å². The molecule has 0 aliphatic heterocycles. The van der Waals surface area contributed by atoms with E-state index in [4.69, 9.17) is 0 Å². The fraction of sp³-hybridized carbons (Fsp3) is 0.250. The molecule has 8 heteroatoms. The van der Waals surface area contributed by atoms with Gasteiger partial charge in [-0.1, -0.05) is 31.2 Å². The van der Waals surface area contributed by atoms with E-state index in [0.717, 1.165) is 40.0 Å². The number of rotatable bonds is 9. The number of carbonyl (C=O) groups is 1. The minimum absolute atomic E-state index is 0.144. The van der Waals surface area contributed by atoms with E-state index >= 15 is 0 Å². The summed E-state index contributed by atoms with van der Waals surface area (Å²) in [5.41, 5.74) is 4.50. The Morgan fingerprint density at radius 3 is 2.28 bits per heavy atom. The molecule has 1 N–H and O–H groups in total. The third-order valence-corrected chi connectivity index (χ3v) is 6.69. The van der Waals surface area contributed by atoms with Crippen LogP contribution in [-0.2, 0) is 19.5 Å². The molecule has 0 fully saturated rings. The van der Waals surface area contributed by atoms with Gasteiger partial charge in [-0.3, -0.25) is 4.79 Å². The Morgan fingerprint density at radius 2 is 1.64 bits per heavy atom. The monoisotopic (exact) mass is 512 g/mol. The number of halogens is 3. The number of hydrogen-bond acceptors (Lipinski definition) is 3. The molecule has 0 aliphatic rings. The van der Waals surface area contributed by atoms with Crippen molar-refractivity contribution in [3.63, 3.8) is 0 Å². The van der Waals surface area contributed by atoms with Crippen LogP contribution in [0.25, 0.3) is 10.9 Å². The fourth-order valence-corrected chi connectivity index (χ4v) is 4.82. The van der Waals surface area contributed by atoms with E-state index < -0.39 is 6.36 Å². The smallest absolute Gasteiger partial charge is 0.406 e. The maximum atomic E-state index is 12.8. The van der Waals surface area contributed by atoms with Crippen molar-refractivity contribution in [3.05, 3.63) is 95.2 Å². The Balaban J connectivity index is 1.46. The molecule has 0 saturated carbocycles. The van der Waals surface area contributed by atoms with Crippen LogP contribution in [0, 0.1) is 0 Å². The van der Waals surface area contributed by atoms with Crippen LogP contribution in [0.5, 0.6) is 5.75 Å². The normalized spacial score (nSPS) is 11.6. The van der Waals surface area contributed by atoms with Gasteiger partial charge in [0.1, 0.15) is 5.75 Å². The molecule has 0 aliphatic carbocycles. The van der Waals surface area contributed by atoms with Crippen LogP contribution in [0.4, 0.5) is 13.2 Å². The molecular formula is C28H27F3N2O2S.